The molecular formula is C23H29N3O7. The number of benzene rings is 2. The lowest BCUT2D eigenvalue weighted by atomic mass is 10.1. The Morgan fingerprint density at radius 2 is 1.33 bits per heavy atom. The molecule has 0 unspecified atom stereocenters. The minimum atomic E-state index is -0.755. The number of methoxy groups -OCH3 is 1. The zero-order valence-corrected chi connectivity index (χ0v) is 18.7. The van der Waals surface area contributed by atoms with Crippen LogP contribution in [0.5, 0.6) is 11.5 Å². The van der Waals surface area contributed by atoms with Crippen molar-refractivity contribution in [2.24, 2.45) is 0 Å². The fraction of sp³-hybridized carbons (Fsp3) is 0.435. The maximum atomic E-state index is 12.2. The quantitative estimate of drug-likeness (QED) is 0.224. The van der Waals surface area contributed by atoms with E-state index >= 15 is 0 Å². The molecule has 0 aliphatic rings. The summed E-state index contributed by atoms with van der Waals surface area (Å²) in [6.45, 7) is 1.08. The van der Waals surface area contributed by atoms with Gasteiger partial charge in [0.2, 0.25) is 0 Å². The maximum absolute atomic E-state index is 12.2. The monoisotopic (exact) mass is 459 g/mol. The number of carbonyl (C=O) groups is 1. The topological polar surface area (TPSA) is 134 Å². The van der Waals surface area contributed by atoms with Crippen molar-refractivity contribution in [2.75, 3.05) is 20.3 Å². The molecule has 0 saturated heterocycles. The smallest absolute Gasteiger partial charge is 0.277 e. The van der Waals surface area contributed by atoms with Gasteiger partial charge >= 0.3 is 0 Å². The summed E-state index contributed by atoms with van der Waals surface area (Å²) < 4.78 is 10.8. The van der Waals surface area contributed by atoms with Crippen LogP contribution in [0, 0.1) is 20.2 Å². The lowest BCUT2D eigenvalue weighted by molar-refractivity contribution is -0.394. The molecule has 1 amide bonds. The van der Waals surface area contributed by atoms with E-state index < -0.39 is 27.1 Å². The Balaban J connectivity index is 1.54. The first-order valence-electron chi connectivity index (χ1n) is 10.9. The number of nitrogens with zero attached hydrogens (tertiary/aromatic N) is 2. The van der Waals surface area contributed by atoms with E-state index in [-0.39, 0.29) is 5.56 Å². The van der Waals surface area contributed by atoms with Crippen LogP contribution in [0.1, 0.15) is 55.3 Å². The van der Waals surface area contributed by atoms with Gasteiger partial charge in [-0.1, -0.05) is 32.1 Å². The van der Waals surface area contributed by atoms with Gasteiger partial charge in [0, 0.05) is 18.7 Å². The van der Waals surface area contributed by atoms with Gasteiger partial charge in [-0.15, -0.1) is 0 Å². The molecule has 0 atom stereocenters. The van der Waals surface area contributed by atoms with E-state index in [0.717, 1.165) is 74.6 Å². The van der Waals surface area contributed by atoms with Gasteiger partial charge < -0.3 is 14.8 Å². The number of nitro groups is 2. The first-order valence-corrected chi connectivity index (χ1v) is 10.9. The Morgan fingerprint density at radius 1 is 0.818 bits per heavy atom. The van der Waals surface area contributed by atoms with Crippen molar-refractivity contribution in [2.45, 2.75) is 44.9 Å². The number of nitrogens with one attached hydrogen (secondary N) is 1. The number of unbranched alkanes of at least 4 members (excludes halogenated alkanes) is 6. The van der Waals surface area contributed by atoms with E-state index in [1.807, 2.05) is 24.3 Å². The van der Waals surface area contributed by atoms with Gasteiger partial charge in [-0.25, -0.2) is 0 Å². The maximum Gasteiger partial charge on any atom is 0.277 e. The average Bonchev–Trinajstić information content (AvgIpc) is 2.82. The van der Waals surface area contributed by atoms with Crippen molar-refractivity contribution in [1.29, 1.82) is 0 Å². The van der Waals surface area contributed by atoms with Crippen molar-refractivity contribution >= 4 is 17.3 Å². The zero-order chi connectivity index (χ0) is 24.1. The Kier molecular flexibility index (Phi) is 10.6. The van der Waals surface area contributed by atoms with Crippen LogP contribution in [0.2, 0.25) is 0 Å². The molecule has 178 valence electrons. The molecule has 10 heteroatoms. The molecule has 10 nitrogen and oxygen atoms in total. The van der Waals surface area contributed by atoms with Crippen LogP contribution in [-0.4, -0.2) is 36.0 Å². The minimum absolute atomic E-state index is 0.0900. The van der Waals surface area contributed by atoms with Gasteiger partial charge in [0.15, 0.2) is 0 Å². The molecule has 0 saturated carbocycles. The van der Waals surface area contributed by atoms with Crippen molar-refractivity contribution in [3.05, 3.63) is 68.3 Å². The largest absolute Gasteiger partial charge is 0.497 e. The third-order valence-corrected chi connectivity index (χ3v) is 5.02. The van der Waals surface area contributed by atoms with E-state index in [4.69, 9.17) is 9.47 Å². The number of rotatable bonds is 15. The lowest BCUT2D eigenvalue weighted by Crippen LogP contribution is -2.24. The summed E-state index contributed by atoms with van der Waals surface area (Å²) in [5.74, 6) is 1.08. The predicted octanol–water partition coefficient (Wildman–Crippen LogP) is 5.05. The molecule has 1 N–H and O–H groups in total. The highest BCUT2D eigenvalue weighted by molar-refractivity contribution is 5.95. The molecule has 0 spiro atoms. The second kappa shape index (κ2) is 13.7. The number of amides is 1. The summed E-state index contributed by atoms with van der Waals surface area (Å²) in [6.07, 6.45) is 7.01. The lowest BCUT2D eigenvalue weighted by Gasteiger charge is -2.07. The zero-order valence-electron chi connectivity index (χ0n) is 18.7. The minimum Gasteiger partial charge on any atom is -0.497 e. The normalized spacial score (nSPS) is 10.5. The van der Waals surface area contributed by atoms with E-state index in [1.165, 1.54) is 0 Å². The highest BCUT2D eigenvalue weighted by Gasteiger charge is 2.19. The van der Waals surface area contributed by atoms with Crippen LogP contribution in [-0.2, 0) is 0 Å². The molecule has 33 heavy (non-hydrogen) atoms. The van der Waals surface area contributed by atoms with Gasteiger partial charge in [-0.3, -0.25) is 25.0 Å². The number of ether oxygens (including phenoxy) is 2. The summed E-state index contributed by atoms with van der Waals surface area (Å²) in [4.78, 5) is 32.5. The molecule has 0 fully saturated rings. The Bertz CT molecular complexity index is 900. The van der Waals surface area contributed by atoms with Gasteiger partial charge in [0.1, 0.15) is 11.5 Å². The van der Waals surface area contributed by atoms with Crippen molar-refractivity contribution < 1.29 is 24.1 Å². The number of non-ortho nitro benzene ring substituents is 2. The molecule has 0 radical (unpaired) electrons. The van der Waals surface area contributed by atoms with Gasteiger partial charge in [-0.05, 0) is 37.1 Å². The SMILES string of the molecule is COc1ccc(OCCCCCCCCCNC(=O)c2cc([N+](=O)[O-])cc([N+](=O)[O-])c2)cc1. The standard InChI is InChI=1S/C23H29N3O7/c1-32-21-9-11-22(12-10-21)33-14-8-6-4-2-3-5-7-13-24-23(27)18-15-19(25(28)29)17-20(16-18)26(30)31/h9-12,15-17H,2-8,13-14H2,1H3,(H,24,27). The molecule has 0 heterocycles. The summed E-state index contributed by atoms with van der Waals surface area (Å²) in [5.41, 5.74) is -1.06. The number of hydrogen-bond donors (Lipinski definition) is 1. The van der Waals surface area contributed by atoms with Crippen LogP contribution < -0.4 is 14.8 Å². The molecule has 2 aromatic rings. The van der Waals surface area contributed by atoms with Crippen molar-refractivity contribution in [3.63, 3.8) is 0 Å². The van der Waals surface area contributed by atoms with Gasteiger partial charge in [-0.2, -0.15) is 0 Å². The van der Waals surface area contributed by atoms with Crippen LogP contribution in [0.4, 0.5) is 11.4 Å². The third kappa shape index (κ3) is 9.14. The second-order valence-corrected chi connectivity index (χ2v) is 7.51. The number of carbonyl (C=O) groups excluding carboxylic acids is 1. The van der Waals surface area contributed by atoms with Gasteiger partial charge in [0.05, 0.1) is 35.2 Å². The van der Waals surface area contributed by atoms with Crippen LogP contribution in [0.3, 0.4) is 0 Å². The fourth-order valence-corrected chi connectivity index (χ4v) is 3.21. The Morgan fingerprint density at radius 3 is 1.88 bits per heavy atom. The molecular weight excluding hydrogens is 430 g/mol. The third-order valence-electron chi connectivity index (χ3n) is 5.02. The van der Waals surface area contributed by atoms with E-state index in [2.05, 4.69) is 5.32 Å². The Labute approximate surface area is 192 Å². The highest BCUT2D eigenvalue weighted by Crippen LogP contribution is 2.22. The van der Waals surface area contributed by atoms with Gasteiger partial charge in [0.25, 0.3) is 17.3 Å². The highest BCUT2D eigenvalue weighted by atomic mass is 16.6. The average molecular weight is 459 g/mol. The first kappa shape index (κ1) is 25.6. The predicted molar refractivity (Wildman–Crippen MR) is 123 cm³/mol. The van der Waals surface area contributed by atoms with Crippen LogP contribution in [0.25, 0.3) is 0 Å². The fourth-order valence-electron chi connectivity index (χ4n) is 3.21. The number of hydrogen-bond acceptors (Lipinski definition) is 7. The molecule has 2 rings (SSSR count). The van der Waals surface area contributed by atoms with Crippen LogP contribution >= 0.6 is 0 Å². The summed E-state index contributed by atoms with van der Waals surface area (Å²) >= 11 is 0. The van der Waals surface area contributed by atoms with Crippen LogP contribution in [0.15, 0.2) is 42.5 Å². The summed E-state index contributed by atoms with van der Waals surface area (Å²) in [6, 6.07) is 10.4. The Hall–Kier alpha value is -3.69. The molecule has 2 aromatic carbocycles. The molecule has 0 aliphatic heterocycles. The summed E-state index contributed by atoms with van der Waals surface area (Å²) in [7, 11) is 1.63. The molecule has 0 aromatic heterocycles. The van der Waals surface area contributed by atoms with Crippen molar-refractivity contribution in [3.8, 4) is 11.5 Å². The molecule has 0 aliphatic carbocycles. The molecule has 0 bridgehead atoms. The second-order valence-electron chi connectivity index (χ2n) is 7.51. The first-order chi connectivity index (χ1) is 15.9. The van der Waals surface area contributed by atoms with E-state index in [9.17, 15) is 25.0 Å². The van der Waals surface area contributed by atoms with E-state index in [1.54, 1.807) is 7.11 Å². The van der Waals surface area contributed by atoms with E-state index in [0.29, 0.717) is 13.2 Å². The van der Waals surface area contributed by atoms with Crippen molar-refractivity contribution in [1.82, 2.24) is 5.32 Å². The number of nitro benzene ring substituents is 2. The summed E-state index contributed by atoms with van der Waals surface area (Å²) in [5, 5.41) is 24.5.